The van der Waals surface area contributed by atoms with E-state index in [4.69, 9.17) is 0 Å². The lowest BCUT2D eigenvalue weighted by Gasteiger charge is -2.40. The zero-order valence-corrected chi connectivity index (χ0v) is 15.2. The molecule has 2 aromatic rings. The summed E-state index contributed by atoms with van der Waals surface area (Å²) in [6, 6.07) is 14.5. The molecule has 0 bridgehead atoms. The molecule has 1 atom stereocenters. The first-order chi connectivity index (χ1) is 12.6. The second-order valence-electron chi connectivity index (χ2n) is 7.43. The Labute approximate surface area is 155 Å². The maximum absolute atomic E-state index is 11.3. The molecular formula is C22H29NO3. The highest BCUT2D eigenvalue weighted by molar-refractivity contribution is 5.31. The van der Waals surface area contributed by atoms with Crippen LogP contribution >= 0.6 is 0 Å². The van der Waals surface area contributed by atoms with Crippen molar-refractivity contribution in [2.75, 3.05) is 13.1 Å². The zero-order valence-electron chi connectivity index (χ0n) is 15.2. The fourth-order valence-corrected chi connectivity index (χ4v) is 3.98. The Morgan fingerprint density at radius 1 is 0.846 bits per heavy atom. The highest BCUT2D eigenvalue weighted by Crippen LogP contribution is 2.40. The first kappa shape index (κ1) is 18.7. The summed E-state index contributed by atoms with van der Waals surface area (Å²) in [4.78, 5) is 0. The van der Waals surface area contributed by atoms with Crippen LogP contribution in [0.5, 0.6) is 11.5 Å². The number of aromatic hydroxyl groups is 2. The van der Waals surface area contributed by atoms with E-state index in [1.54, 1.807) is 24.3 Å². The first-order valence-electron chi connectivity index (χ1n) is 9.57. The van der Waals surface area contributed by atoms with Crippen molar-refractivity contribution in [2.24, 2.45) is 0 Å². The van der Waals surface area contributed by atoms with Crippen molar-refractivity contribution >= 4 is 0 Å². The summed E-state index contributed by atoms with van der Waals surface area (Å²) in [5.41, 5.74) is 1.57. The SMILES string of the molecule is Oc1ccc(CCNCC(c2ccc(O)cc2)C2(O)CCCCC2)cc1. The lowest BCUT2D eigenvalue weighted by molar-refractivity contribution is -0.0214. The molecule has 0 aromatic heterocycles. The molecule has 0 aliphatic heterocycles. The van der Waals surface area contributed by atoms with E-state index in [1.165, 1.54) is 12.0 Å². The first-order valence-corrected chi connectivity index (χ1v) is 9.57. The summed E-state index contributed by atoms with van der Waals surface area (Å²) in [5, 5.41) is 33.7. The molecule has 4 heteroatoms. The Kier molecular flexibility index (Phi) is 6.17. The van der Waals surface area contributed by atoms with Crippen molar-refractivity contribution in [3.63, 3.8) is 0 Å². The van der Waals surface area contributed by atoms with E-state index < -0.39 is 5.60 Å². The molecule has 1 saturated carbocycles. The summed E-state index contributed by atoms with van der Waals surface area (Å²) in [6.45, 7) is 1.52. The van der Waals surface area contributed by atoms with Gasteiger partial charge in [0, 0.05) is 12.5 Å². The van der Waals surface area contributed by atoms with Gasteiger partial charge in [-0.3, -0.25) is 0 Å². The molecule has 1 aliphatic carbocycles. The summed E-state index contributed by atoms with van der Waals surface area (Å²) >= 11 is 0. The highest BCUT2D eigenvalue weighted by Gasteiger charge is 2.38. The standard InChI is InChI=1S/C22H29NO3/c24-19-8-4-17(5-9-19)12-15-23-16-21(18-6-10-20(25)11-7-18)22(26)13-2-1-3-14-22/h4-11,21,23-26H,1-3,12-16H2. The third-order valence-electron chi connectivity index (χ3n) is 5.54. The minimum Gasteiger partial charge on any atom is -0.508 e. The van der Waals surface area contributed by atoms with Gasteiger partial charge >= 0.3 is 0 Å². The number of hydrogen-bond donors (Lipinski definition) is 4. The fourth-order valence-electron chi connectivity index (χ4n) is 3.98. The van der Waals surface area contributed by atoms with Crippen LogP contribution < -0.4 is 5.32 Å². The van der Waals surface area contributed by atoms with E-state index in [-0.39, 0.29) is 17.4 Å². The minimum atomic E-state index is -0.680. The molecule has 0 amide bonds. The molecule has 26 heavy (non-hydrogen) atoms. The number of phenolic OH excluding ortho intramolecular Hbond substituents is 2. The predicted molar refractivity (Wildman–Crippen MR) is 104 cm³/mol. The maximum atomic E-state index is 11.3. The summed E-state index contributed by atoms with van der Waals surface area (Å²) < 4.78 is 0. The van der Waals surface area contributed by atoms with E-state index >= 15 is 0 Å². The van der Waals surface area contributed by atoms with Crippen molar-refractivity contribution in [1.82, 2.24) is 5.32 Å². The van der Waals surface area contributed by atoms with Gasteiger partial charge in [0.2, 0.25) is 0 Å². The molecule has 0 heterocycles. The fraction of sp³-hybridized carbons (Fsp3) is 0.455. The number of aliphatic hydroxyl groups is 1. The summed E-state index contributed by atoms with van der Waals surface area (Å²) in [7, 11) is 0. The van der Waals surface area contributed by atoms with Gasteiger partial charge in [-0.05, 0) is 61.2 Å². The molecule has 140 valence electrons. The van der Waals surface area contributed by atoms with E-state index in [9.17, 15) is 15.3 Å². The molecule has 3 rings (SSSR count). The molecule has 0 saturated heterocycles. The van der Waals surface area contributed by atoms with Gasteiger partial charge in [0.05, 0.1) is 5.60 Å². The Morgan fingerprint density at radius 2 is 1.42 bits per heavy atom. The number of benzene rings is 2. The quantitative estimate of drug-likeness (QED) is 0.571. The average molecular weight is 355 g/mol. The molecule has 4 N–H and O–H groups in total. The smallest absolute Gasteiger partial charge is 0.115 e. The van der Waals surface area contributed by atoms with Crippen LogP contribution in [0.25, 0.3) is 0 Å². The number of rotatable bonds is 7. The lowest BCUT2D eigenvalue weighted by atomic mass is 9.72. The van der Waals surface area contributed by atoms with Crippen LogP contribution in [0.3, 0.4) is 0 Å². The van der Waals surface area contributed by atoms with Crippen molar-refractivity contribution in [3.05, 3.63) is 59.7 Å². The van der Waals surface area contributed by atoms with Crippen molar-refractivity contribution < 1.29 is 15.3 Å². The molecule has 1 aliphatic rings. The summed E-state index contributed by atoms with van der Waals surface area (Å²) in [6.07, 6.45) is 5.87. The molecular weight excluding hydrogens is 326 g/mol. The summed E-state index contributed by atoms with van der Waals surface area (Å²) in [5.74, 6) is 0.556. The third-order valence-corrected chi connectivity index (χ3v) is 5.54. The van der Waals surface area contributed by atoms with Gasteiger partial charge in [0.1, 0.15) is 11.5 Å². The average Bonchev–Trinajstić information content (AvgIpc) is 2.65. The normalized spacial score (nSPS) is 17.7. The van der Waals surface area contributed by atoms with Gasteiger partial charge in [-0.15, -0.1) is 0 Å². The van der Waals surface area contributed by atoms with Crippen LogP contribution in [0.4, 0.5) is 0 Å². The van der Waals surface area contributed by atoms with Crippen LogP contribution in [0, 0.1) is 0 Å². The molecule has 1 fully saturated rings. The van der Waals surface area contributed by atoms with Crippen LogP contribution in [0.15, 0.2) is 48.5 Å². The third kappa shape index (κ3) is 4.77. The van der Waals surface area contributed by atoms with Crippen molar-refractivity contribution in [1.29, 1.82) is 0 Å². The molecule has 0 spiro atoms. The van der Waals surface area contributed by atoms with Gasteiger partial charge < -0.3 is 20.6 Å². The molecule has 4 nitrogen and oxygen atoms in total. The molecule has 0 radical (unpaired) electrons. The molecule has 2 aromatic carbocycles. The van der Waals surface area contributed by atoms with Gasteiger partial charge in [-0.2, -0.15) is 0 Å². The van der Waals surface area contributed by atoms with Gasteiger partial charge in [0.15, 0.2) is 0 Å². The Bertz CT molecular complexity index is 676. The highest BCUT2D eigenvalue weighted by atomic mass is 16.3. The van der Waals surface area contributed by atoms with E-state index in [0.717, 1.165) is 44.2 Å². The van der Waals surface area contributed by atoms with E-state index in [1.807, 2.05) is 24.3 Å². The lowest BCUT2D eigenvalue weighted by Crippen LogP contribution is -2.43. The number of hydrogen-bond acceptors (Lipinski definition) is 4. The van der Waals surface area contributed by atoms with Crippen molar-refractivity contribution in [2.45, 2.75) is 50.0 Å². The van der Waals surface area contributed by atoms with Gasteiger partial charge in [-0.25, -0.2) is 0 Å². The van der Waals surface area contributed by atoms with E-state index in [2.05, 4.69) is 5.32 Å². The number of phenols is 2. The molecule has 1 unspecified atom stereocenters. The van der Waals surface area contributed by atoms with Gasteiger partial charge in [0.25, 0.3) is 0 Å². The Morgan fingerprint density at radius 3 is 2.04 bits per heavy atom. The van der Waals surface area contributed by atoms with Gasteiger partial charge in [-0.1, -0.05) is 43.5 Å². The maximum Gasteiger partial charge on any atom is 0.115 e. The second-order valence-corrected chi connectivity index (χ2v) is 7.43. The predicted octanol–water partition coefficient (Wildman–Crippen LogP) is 3.71. The largest absolute Gasteiger partial charge is 0.508 e. The minimum absolute atomic E-state index is 0.0169. The van der Waals surface area contributed by atoms with Crippen LogP contribution in [0.2, 0.25) is 0 Å². The van der Waals surface area contributed by atoms with E-state index in [0.29, 0.717) is 6.54 Å². The van der Waals surface area contributed by atoms with Crippen molar-refractivity contribution in [3.8, 4) is 11.5 Å². The monoisotopic (exact) mass is 355 g/mol. The second kappa shape index (κ2) is 8.56. The van der Waals surface area contributed by atoms with Crippen LogP contribution in [0.1, 0.15) is 49.1 Å². The topological polar surface area (TPSA) is 72.7 Å². The Hall–Kier alpha value is -2.04. The van der Waals surface area contributed by atoms with Crippen LogP contribution in [-0.2, 0) is 6.42 Å². The Balaban J connectivity index is 1.63. The zero-order chi connectivity index (χ0) is 18.4. The van der Waals surface area contributed by atoms with Crippen LogP contribution in [-0.4, -0.2) is 34.0 Å². The number of nitrogens with one attached hydrogen (secondary N) is 1.